The molecule has 0 radical (unpaired) electrons. The van der Waals surface area contributed by atoms with Crippen LogP contribution in [0.5, 0.6) is 0 Å². The molecule has 2 heteroatoms. The number of furan rings is 1. The van der Waals surface area contributed by atoms with Crippen LogP contribution in [0.15, 0.2) is 290 Å². The largest absolute Gasteiger partial charge is 0.455 e. The van der Waals surface area contributed by atoms with E-state index in [1.165, 1.54) is 76.8 Å². The van der Waals surface area contributed by atoms with Gasteiger partial charge in [0.05, 0.1) is 0 Å². The average molecular weight is 942 g/mol. The molecule has 0 saturated carbocycles. The summed E-state index contributed by atoms with van der Waals surface area (Å²) >= 11 is 0. The highest BCUT2D eigenvalue weighted by Crippen LogP contribution is 2.46. The lowest BCUT2D eigenvalue weighted by Crippen LogP contribution is -2.10. The van der Waals surface area contributed by atoms with Gasteiger partial charge in [0.1, 0.15) is 11.2 Å². The van der Waals surface area contributed by atoms with Crippen LogP contribution in [-0.2, 0) is 0 Å². The molecule has 0 fully saturated rings. The third-order valence-electron chi connectivity index (χ3n) is 14.9. The number of para-hydroxylation sites is 2. The van der Waals surface area contributed by atoms with Crippen molar-refractivity contribution in [3.63, 3.8) is 0 Å². The summed E-state index contributed by atoms with van der Waals surface area (Å²) in [5.41, 5.74) is 19.1. The van der Waals surface area contributed by atoms with Crippen molar-refractivity contribution in [3.8, 4) is 66.8 Å². The molecular formula is C72H47NO. The van der Waals surface area contributed by atoms with E-state index in [1.54, 1.807) is 0 Å². The Balaban J connectivity index is 0.868. The lowest BCUT2D eigenvalue weighted by atomic mass is 9.84. The Morgan fingerprint density at radius 2 is 0.703 bits per heavy atom. The van der Waals surface area contributed by atoms with Crippen molar-refractivity contribution in [3.05, 3.63) is 285 Å². The van der Waals surface area contributed by atoms with Gasteiger partial charge in [-0.2, -0.15) is 0 Å². The summed E-state index contributed by atoms with van der Waals surface area (Å²) in [6.07, 6.45) is 0. The van der Waals surface area contributed by atoms with E-state index in [2.05, 4.69) is 278 Å². The molecule has 13 aromatic carbocycles. The Morgan fingerprint density at radius 1 is 0.230 bits per heavy atom. The number of nitrogens with zero attached hydrogens (tertiary/aromatic N) is 1. The number of hydrogen-bond acceptors (Lipinski definition) is 2. The number of hydrogen-bond donors (Lipinski definition) is 0. The summed E-state index contributed by atoms with van der Waals surface area (Å²) in [6.45, 7) is 0. The fourth-order valence-electron chi connectivity index (χ4n) is 11.2. The highest BCUT2D eigenvalue weighted by atomic mass is 16.3. The molecule has 346 valence electrons. The topological polar surface area (TPSA) is 16.4 Å². The van der Waals surface area contributed by atoms with E-state index in [0.717, 1.165) is 61.3 Å². The van der Waals surface area contributed by atoms with Gasteiger partial charge in [0.15, 0.2) is 0 Å². The fraction of sp³-hybridized carbons (Fsp3) is 0. The van der Waals surface area contributed by atoms with Crippen molar-refractivity contribution in [1.82, 2.24) is 0 Å². The van der Waals surface area contributed by atoms with E-state index < -0.39 is 0 Å². The molecule has 0 aliphatic heterocycles. The third kappa shape index (κ3) is 7.60. The van der Waals surface area contributed by atoms with E-state index in [-0.39, 0.29) is 0 Å². The summed E-state index contributed by atoms with van der Waals surface area (Å²) in [5.74, 6) is 0. The van der Waals surface area contributed by atoms with Crippen LogP contribution in [0.3, 0.4) is 0 Å². The van der Waals surface area contributed by atoms with E-state index in [4.69, 9.17) is 4.42 Å². The zero-order valence-electron chi connectivity index (χ0n) is 40.5. The summed E-state index contributed by atoms with van der Waals surface area (Å²) in [7, 11) is 0. The second-order valence-corrected chi connectivity index (χ2v) is 19.2. The third-order valence-corrected chi connectivity index (χ3v) is 14.9. The van der Waals surface area contributed by atoms with Crippen molar-refractivity contribution >= 4 is 71.3 Å². The summed E-state index contributed by atoms with van der Waals surface area (Å²) in [6, 6.07) is 103. The quantitative estimate of drug-likeness (QED) is 0.134. The molecule has 0 saturated heterocycles. The number of rotatable bonds is 9. The van der Waals surface area contributed by atoms with Gasteiger partial charge in [0, 0.05) is 33.4 Å². The standard InChI is InChI=1S/C72H47NO/c1-3-16-53(17-4-1)70-66-25-10-9-23-63(66)64-44-39-57(47-68(64)71(70)54-18-5-2-6-19-54)52-37-42-60(43-38-52)73(61-22-13-21-58(46-61)62-26-14-27-67-65-24-11-12-28-69(65)74-72(62)67)59-40-35-50(36-41-59)49-29-31-51(32-30-49)56-34-33-48-15-7-8-20-55(48)45-56/h1-47H. The molecule has 14 aromatic rings. The van der Waals surface area contributed by atoms with Crippen LogP contribution in [0, 0.1) is 0 Å². The van der Waals surface area contributed by atoms with Gasteiger partial charge in [0.25, 0.3) is 0 Å². The number of anilines is 3. The Hall–Kier alpha value is -9.76. The molecule has 0 bridgehead atoms. The summed E-state index contributed by atoms with van der Waals surface area (Å²) in [5, 5.41) is 9.72. The minimum Gasteiger partial charge on any atom is -0.455 e. The van der Waals surface area contributed by atoms with E-state index >= 15 is 0 Å². The molecule has 2 nitrogen and oxygen atoms in total. The predicted molar refractivity (Wildman–Crippen MR) is 314 cm³/mol. The van der Waals surface area contributed by atoms with Gasteiger partial charge in [-0.15, -0.1) is 0 Å². The van der Waals surface area contributed by atoms with E-state index in [9.17, 15) is 0 Å². The van der Waals surface area contributed by atoms with Crippen LogP contribution in [0.4, 0.5) is 17.1 Å². The first-order valence-electron chi connectivity index (χ1n) is 25.4. The van der Waals surface area contributed by atoms with Crippen LogP contribution in [0.2, 0.25) is 0 Å². The Morgan fingerprint density at radius 3 is 1.39 bits per heavy atom. The smallest absolute Gasteiger partial charge is 0.143 e. The minimum absolute atomic E-state index is 0.893. The first kappa shape index (κ1) is 43.1. The van der Waals surface area contributed by atoms with Gasteiger partial charge in [-0.3, -0.25) is 0 Å². The lowest BCUT2D eigenvalue weighted by Gasteiger charge is -2.26. The van der Waals surface area contributed by atoms with Gasteiger partial charge < -0.3 is 9.32 Å². The van der Waals surface area contributed by atoms with Gasteiger partial charge in [-0.25, -0.2) is 0 Å². The Labute approximate surface area is 430 Å². The van der Waals surface area contributed by atoms with Crippen LogP contribution in [-0.4, -0.2) is 0 Å². The number of fused-ring (bicyclic) bond motifs is 7. The average Bonchev–Trinajstić information content (AvgIpc) is 3.87. The van der Waals surface area contributed by atoms with Crippen LogP contribution < -0.4 is 4.90 Å². The molecule has 0 atom stereocenters. The molecule has 0 spiro atoms. The Kier molecular flexibility index (Phi) is 10.6. The zero-order chi connectivity index (χ0) is 49.0. The second-order valence-electron chi connectivity index (χ2n) is 19.2. The van der Waals surface area contributed by atoms with Gasteiger partial charge in [-0.05, 0) is 148 Å². The summed E-state index contributed by atoms with van der Waals surface area (Å²) in [4.78, 5) is 2.37. The first-order chi connectivity index (χ1) is 36.7. The molecule has 0 unspecified atom stereocenters. The second kappa shape index (κ2) is 18.1. The monoisotopic (exact) mass is 941 g/mol. The van der Waals surface area contributed by atoms with E-state index in [1.807, 2.05) is 12.1 Å². The maximum absolute atomic E-state index is 6.56. The SMILES string of the molecule is c1ccc(-c2c(-c3ccccc3)c3cc(-c4ccc(N(c5ccc(-c6ccc(-c7ccc8ccccc8c7)cc6)cc5)c5cccc(-c6cccc7c6oc6ccccc67)c5)cc4)ccc3c3ccccc23)cc1. The molecule has 0 aliphatic carbocycles. The normalized spacial score (nSPS) is 11.5. The van der Waals surface area contributed by atoms with E-state index in [0.29, 0.717) is 0 Å². The molecule has 0 N–H and O–H groups in total. The van der Waals surface area contributed by atoms with Crippen LogP contribution in [0.1, 0.15) is 0 Å². The molecular weight excluding hydrogens is 895 g/mol. The van der Waals surface area contributed by atoms with Crippen LogP contribution >= 0.6 is 0 Å². The van der Waals surface area contributed by atoms with Gasteiger partial charge in [0.2, 0.25) is 0 Å². The maximum atomic E-state index is 6.56. The van der Waals surface area contributed by atoms with Gasteiger partial charge in [-0.1, -0.05) is 231 Å². The molecule has 0 aliphatic rings. The highest BCUT2D eigenvalue weighted by Gasteiger charge is 2.20. The Bertz CT molecular complexity index is 4380. The zero-order valence-corrected chi connectivity index (χ0v) is 40.5. The lowest BCUT2D eigenvalue weighted by molar-refractivity contribution is 0.670. The maximum Gasteiger partial charge on any atom is 0.143 e. The van der Waals surface area contributed by atoms with Crippen molar-refractivity contribution in [2.24, 2.45) is 0 Å². The van der Waals surface area contributed by atoms with Gasteiger partial charge >= 0.3 is 0 Å². The molecule has 14 rings (SSSR count). The number of benzene rings is 13. The molecule has 74 heavy (non-hydrogen) atoms. The summed E-state index contributed by atoms with van der Waals surface area (Å²) < 4.78 is 6.56. The van der Waals surface area contributed by atoms with Crippen molar-refractivity contribution in [2.45, 2.75) is 0 Å². The molecule has 1 heterocycles. The van der Waals surface area contributed by atoms with Crippen molar-refractivity contribution in [1.29, 1.82) is 0 Å². The highest BCUT2D eigenvalue weighted by molar-refractivity contribution is 6.22. The van der Waals surface area contributed by atoms with Crippen LogP contribution in [0.25, 0.3) is 121 Å². The van der Waals surface area contributed by atoms with Crippen molar-refractivity contribution in [2.75, 3.05) is 4.90 Å². The molecule has 1 aromatic heterocycles. The molecule has 0 amide bonds. The van der Waals surface area contributed by atoms with Crippen molar-refractivity contribution < 1.29 is 4.42 Å². The fourth-order valence-corrected chi connectivity index (χ4v) is 11.2. The first-order valence-corrected chi connectivity index (χ1v) is 25.4. The predicted octanol–water partition coefficient (Wildman–Crippen LogP) is 20.5. The minimum atomic E-state index is 0.893.